The third-order valence-electron chi connectivity index (χ3n) is 4.79. The lowest BCUT2D eigenvalue weighted by Gasteiger charge is -2.24. The van der Waals surface area contributed by atoms with E-state index in [1.54, 1.807) is 0 Å². The summed E-state index contributed by atoms with van der Waals surface area (Å²) in [5, 5.41) is 1.17. The molecule has 0 aliphatic carbocycles. The molecule has 2 aromatic heterocycles. The molecule has 4 rings (SSSR count). The average molecular weight is 345 g/mol. The van der Waals surface area contributed by atoms with Crippen LogP contribution in [-0.2, 0) is 19.1 Å². The van der Waals surface area contributed by atoms with Gasteiger partial charge in [-0.05, 0) is 43.8 Å². The maximum Gasteiger partial charge on any atom is 0.433 e. The van der Waals surface area contributed by atoms with E-state index in [-0.39, 0.29) is 0 Å². The Hall–Kier alpha value is -2.34. The predicted molar refractivity (Wildman–Crippen MR) is 90.8 cm³/mol. The summed E-state index contributed by atoms with van der Waals surface area (Å²) in [5.41, 5.74) is 4.43. The number of alkyl halides is 3. The molecule has 0 amide bonds. The molecule has 0 saturated heterocycles. The Morgan fingerprint density at radius 2 is 1.92 bits per heavy atom. The highest BCUT2D eigenvalue weighted by Gasteiger charge is 2.32. The zero-order valence-electron chi connectivity index (χ0n) is 14.1. The molecule has 0 fully saturated rings. The minimum absolute atomic E-state index is 0.674. The smallest absolute Gasteiger partial charge is 0.312 e. The number of pyridine rings is 1. The predicted octanol–water partition coefficient (Wildman–Crippen LogP) is 4.34. The Morgan fingerprint density at radius 3 is 2.60 bits per heavy atom. The van der Waals surface area contributed by atoms with Gasteiger partial charge in [0.15, 0.2) is 0 Å². The summed E-state index contributed by atoms with van der Waals surface area (Å²) in [6, 6.07) is 8.79. The van der Waals surface area contributed by atoms with Crippen LogP contribution in [0.15, 0.2) is 36.5 Å². The van der Waals surface area contributed by atoms with Crippen LogP contribution in [0.5, 0.6) is 0 Å². The lowest BCUT2D eigenvalue weighted by atomic mass is 10.0. The van der Waals surface area contributed by atoms with E-state index >= 15 is 0 Å². The number of hydrogen-bond donors (Lipinski definition) is 0. The van der Waals surface area contributed by atoms with E-state index in [1.165, 1.54) is 34.5 Å². The van der Waals surface area contributed by atoms with Crippen molar-refractivity contribution in [2.75, 3.05) is 13.6 Å². The van der Waals surface area contributed by atoms with E-state index in [9.17, 15) is 13.2 Å². The van der Waals surface area contributed by atoms with Crippen LogP contribution < -0.4 is 0 Å². The van der Waals surface area contributed by atoms with Gasteiger partial charge in [-0.1, -0.05) is 11.6 Å². The second kappa shape index (κ2) is 5.59. The monoisotopic (exact) mass is 345 g/mol. The molecule has 3 nitrogen and oxygen atoms in total. The molecule has 1 aromatic carbocycles. The highest BCUT2D eigenvalue weighted by atomic mass is 19.4. The minimum atomic E-state index is -4.42. The Kier molecular flexibility index (Phi) is 3.61. The standard InChI is InChI=1S/C19H18F3N3/c1-12-3-5-16-14(9-12)15-11-24(2)8-7-17(15)25(16)13-4-6-18(23-10-13)19(20,21)22/h3-6,9-10H,7-8,11H2,1-2H3. The maximum absolute atomic E-state index is 12.8. The fourth-order valence-corrected chi connectivity index (χ4v) is 3.59. The SMILES string of the molecule is Cc1ccc2c(c1)c1c(n2-c2ccc(C(F)(F)F)nc2)CCN(C)C1. The van der Waals surface area contributed by atoms with Crippen LogP contribution in [0.4, 0.5) is 13.2 Å². The molecule has 0 unspecified atom stereocenters. The molecule has 130 valence electrons. The number of nitrogens with zero attached hydrogens (tertiary/aromatic N) is 3. The first-order valence-electron chi connectivity index (χ1n) is 8.19. The molecule has 0 N–H and O–H groups in total. The second-order valence-electron chi connectivity index (χ2n) is 6.67. The van der Waals surface area contributed by atoms with E-state index in [0.717, 1.165) is 31.1 Å². The van der Waals surface area contributed by atoms with Crippen molar-refractivity contribution in [3.8, 4) is 5.69 Å². The second-order valence-corrected chi connectivity index (χ2v) is 6.67. The molecular weight excluding hydrogens is 327 g/mol. The number of benzene rings is 1. The Bertz CT molecular complexity index is 939. The van der Waals surface area contributed by atoms with Crippen molar-refractivity contribution < 1.29 is 13.2 Å². The van der Waals surface area contributed by atoms with Gasteiger partial charge in [-0.2, -0.15) is 13.2 Å². The molecule has 3 heterocycles. The molecule has 25 heavy (non-hydrogen) atoms. The lowest BCUT2D eigenvalue weighted by Crippen LogP contribution is -2.27. The summed E-state index contributed by atoms with van der Waals surface area (Å²) in [7, 11) is 2.08. The molecule has 0 bridgehead atoms. The molecule has 3 aromatic rings. The summed E-state index contributed by atoms with van der Waals surface area (Å²) in [6.07, 6.45) is -2.24. The summed E-state index contributed by atoms with van der Waals surface area (Å²) in [4.78, 5) is 5.90. The van der Waals surface area contributed by atoms with Crippen LogP contribution in [0.25, 0.3) is 16.6 Å². The molecule has 6 heteroatoms. The zero-order valence-corrected chi connectivity index (χ0v) is 14.1. The van der Waals surface area contributed by atoms with Gasteiger partial charge >= 0.3 is 6.18 Å². The van der Waals surface area contributed by atoms with Gasteiger partial charge in [-0.25, -0.2) is 4.98 Å². The van der Waals surface area contributed by atoms with Gasteiger partial charge < -0.3 is 9.47 Å². The van der Waals surface area contributed by atoms with E-state index in [2.05, 4.69) is 34.5 Å². The Morgan fingerprint density at radius 1 is 1.12 bits per heavy atom. The van der Waals surface area contributed by atoms with Gasteiger partial charge in [0.25, 0.3) is 0 Å². The molecule has 0 atom stereocenters. The summed E-state index contributed by atoms with van der Waals surface area (Å²) >= 11 is 0. The fourth-order valence-electron chi connectivity index (χ4n) is 3.59. The van der Waals surface area contributed by atoms with E-state index in [4.69, 9.17) is 0 Å². The quantitative estimate of drug-likeness (QED) is 0.654. The van der Waals surface area contributed by atoms with Crippen molar-refractivity contribution in [3.63, 3.8) is 0 Å². The number of fused-ring (bicyclic) bond motifs is 3. The largest absolute Gasteiger partial charge is 0.433 e. The molecule has 0 spiro atoms. The molecular formula is C19H18F3N3. The van der Waals surface area contributed by atoms with Crippen molar-refractivity contribution in [1.29, 1.82) is 0 Å². The summed E-state index contributed by atoms with van der Waals surface area (Å²) in [5.74, 6) is 0. The first kappa shape index (κ1) is 16.1. The maximum atomic E-state index is 12.8. The first-order valence-corrected chi connectivity index (χ1v) is 8.19. The van der Waals surface area contributed by atoms with Crippen molar-refractivity contribution >= 4 is 10.9 Å². The van der Waals surface area contributed by atoms with Gasteiger partial charge in [0.05, 0.1) is 17.4 Å². The van der Waals surface area contributed by atoms with Crippen molar-refractivity contribution in [2.45, 2.75) is 26.1 Å². The fraction of sp³-hybridized carbons (Fsp3) is 0.316. The Balaban J connectivity index is 1.93. The Labute approximate surface area is 143 Å². The number of hydrogen-bond acceptors (Lipinski definition) is 2. The van der Waals surface area contributed by atoms with Crippen molar-refractivity contribution in [2.24, 2.45) is 0 Å². The third-order valence-corrected chi connectivity index (χ3v) is 4.79. The van der Waals surface area contributed by atoms with E-state index < -0.39 is 11.9 Å². The summed E-state index contributed by atoms with van der Waals surface area (Å²) < 4.78 is 40.5. The minimum Gasteiger partial charge on any atom is -0.312 e. The number of aryl methyl sites for hydroxylation is 1. The molecule has 1 aliphatic heterocycles. The van der Waals surface area contributed by atoms with E-state index in [1.807, 2.05) is 12.1 Å². The van der Waals surface area contributed by atoms with Gasteiger partial charge in [0.1, 0.15) is 5.69 Å². The van der Waals surface area contributed by atoms with Crippen molar-refractivity contribution in [1.82, 2.24) is 14.5 Å². The third kappa shape index (κ3) is 2.70. The van der Waals surface area contributed by atoms with Gasteiger partial charge in [-0.3, -0.25) is 0 Å². The van der Waals surface area contributed by atoms with Crippen LogP contribution in [0.1, 0.15) is 22.5 Å². The van der Waals surface area contributed by atoms with Crippen LogP contribution in [0.2, 0.25) is 0 Å². The molecule has 1 aliphatic rings. The van der Waals surface area contributed by atoms with Crippen LogP contribution in [0.3, 0.4) is 0 Å². The number of halogens is 3. The normalized spacial score (nSPS) is 15.6. The number of rotatable bonds is 1. The molecule has 0 saturated carbocycles. The highest BCUT2D eigenvalue weighted by molar-refractivity contribution is 5.88. The lowest BCUT2D eigenvalue weighted by molar-refractivity contribution is -0.141. The van der Waals surface area contributed by atoms with Gasteiger partial charge in [-0.15, -0.1) is 0 Å². The highest BCUT2D eigenvalue weighted by Crippen LogP contribution is 2.34. The van der Waals surface area contributed by atoms with Gasteiger partial charge in [0.2, 0.25) is 0 Å². The van der Waals surface area contributed by atoms with E-state index in [0.29, 0.717) is 5.69 Å². The topological polar surface area (TPSA) is 21.1 Å². The first-order chi connectivity index (χ1) is 11.8. The van der Waals surface area contributed by atoms with Gasteiger partial charge in [0, 0.05) is 30.6 Å². The van der Waals surface area contributed by atoms with Crippen LogP contribution in [0, 0.1) is 6.92 Å². The molecule has 0 radical (unpaired) electrons. The van der Waals surface area contributed by atoms with Crippen LogP contribution in [-0.4, -0.2) is 28.0 Å². The number of likely N-dealkylation sites (N-methyl/N-ethyl adjacent to an activating group) is 1. The average Bonchev–Trinajstić information content (AvgIpc) is 2.87. The number of aromatic nitrogens is 2. The summed E-state index contributed by atoms with van der Waals surface area (Å²) in [6.45, 7) is 3.82. The zero-order chi connectivity index (χ0) is 17.8. The van der Waals surface area contributed by atoms with Crippen LogP contribution >= 0.6 is 0 Å². The van der Waals surface area contributed by atoms with Crippen molar-refractivity contribution in [3.05, 3.63) is 59.0 Å².